The monoisotopic (exact) mass is 416 g/mol. The predicted molar refractivity (Wildman–Crippen MR) is 111 cm³/mol. The molecule has 1 N–H and O–H groups in total. The van der Waals surface area contributed by atoms with E-state index in [9.17, 15) is 13.6 Å². The van der Waals surface area contributed by atoms with Crippen molar-refractivity contribution < 1.29 is 18.7 Å². The summed E-state index contributed by atoms with van der Waals surface area (Å²) in [6.45, 7) is 4.84. The van der Waals surface area contributed by atoms with E-state index in [4.69, 9.17) is 10.1 Å². The molecule has 3 aromatic rings. The third-order valence-electron chi connectivity index (χ3n) is 4.44. The number of carboxylic acids is 1. The highest BCUT2D eigenvalue weighted by atomic mass is 32.1. The number of thiazole rings is 1. The Morgan fingerprint density at radius 2 is 1.86 bits per heavy atom. The lowest BCUT2D eigenvalue weighted by Gasteiger charge is -2.21. The first-order valence-corrected chi connectivity index (χ1v) is 10.1. The lowest BCUT2D eigenvalue weighted by molar-refractivity contribution is -0.136. The first-order valence-electron chi connectivity index (χ1n) is 9.32. The third-order valence-corrected chi connectivity index (χ3v) is 5.86. The molecule has 3 rings (SSSR count). The summed E-state index contributed by atoms with van der Waals surface area (Å²) in [6, 6.07) is 13.5. The molecule has 0 saturated heterocycles. The number of aliphatic carboxylic acids is 1. The van der Waals surface area contributed by atoms with Crippen LogP contribution in [0.15, 0.2) is 48.5 Å². The van der Waals surface area contributed by atoms with Crippen LogP contribution in [0.25, 0.3) is 11.3 Å². The predicted octanol–water partition coefficient (Wildman–Crippen LogP) is 5.69. The van der Waals surface area contributed by atoms with Crippen molar-refractivity contribution in [3.63, 3.8) is 0 Å². The summed E-state index contributed by atoms with van der Waals surface area (Å²) in [7, 11) is 0. The van der Waals surface area contributed by atoms with E-state index in [1.165, 1.54) is 17.4 Å². The second-order valence-corrected chi connectivity index (χ2v) is 8.05. The maximum absolute atomic E-state index is 13.8. The Labute approximate surface area is 172 Å². The molecular formula is C22H22F2N2O2S. The van der Waals surface area contributed by atoms with E-state index >= 15 is 0 Å². The van der Waals surface area contributed by atoms with E-state index in [1.807, 2.05) is 49.1 Å². The summed E-state index contributed by atoms with van der Waals surface area (Å²) in [4.78, 5) is 18.7. The molecule has 2 aromatic carbocycles. The molecule has 7 heteroatoms. The van der Waals surface area contributed by atoms with Crippen molar-refractivity contribution in [3.05, 3.63) is 70.6 Å². The van der Waals surface area contributed by atoms with Crippen LogP contribution in [0.1, 0.15) is 36.6 Å². The number of hydrogen-bond donors (Lipinski definition) is 1. The van der Waals surface area contributed by atoms with Crippen LogP contribution in [0.3, 0.4) is 0 Å². The molecule has 4 nitrogen and oxygen atoms in total. The van der Waals surface area contributed by atoms with Crippen LogP contribution in [0.2, 0.25) is 0 Å². The molecule has 1 heterocycles. The van der Waals surface area contributed by atoms with Gasteiger partial charge in [0.05, 0.1) is 12.1 Å². The Kier molecular flexibility index (Phi) is 6.59. The summed E-state index contributed by atoms with van der Waals surface area (Å²) in [5.41, 5.74) is 2.15. The quantitative estimate of drug-likeness (QED) is 0.512. The fourth-order valence-electron chi connectivity index (χ4n) is 2.97. The normalized spacial score (nSPS) is 11.1. The molecule has 0 bridgehead atoms. The van der Waals surface area contributed by atoms with E-state index < -0.39 is 17.6 Å². The van der Waals surface area contributed by atoms with Crippen molar-refractivity contribution in [1.29, 1.82) is 0 Å². The molecule has 1 aromatic heterocycles. The molecule has 0 unspecified atom stereocenters. The van der Waals surface area contributed by atoms with Crippen LogP contribution in [0, 0.1) is 11.6 Å². The number of benzene rings is 2. The van der Waals surface area contributed by atoms with Crippen LogP contribution in [0.4, 0.5) is 13.9 Å². The van der Waals surface area contributed by atoms with Crippen molar-refractivity contribution in [3.8, 4) is 11.3 Å². The van der Waals surface area contributed by atoms with Crippen LogP contribution in [-0.4, -0.2) is 22.6 Å². The first kappa shape index (κ1) is 20.9. The average Bonchev–Trinajstić information content (AvgIpc) is 3.13. The second-order valence-electron chi connectivity index (χ2n) is 7.04. The smallest absolute Gasteiger partial charge is 0.305 e. The zero-order chi connectivity index (χ0) is 21.0. The molecule has 0 aliphatic heterocycles. The largest absolute Gasteiger partial charge is 0.481 e. The molecule has 29 heavy (non-hydrogen) atoms. The zero-order valence-corrected chi connectivity index (χ0v) is 17.0. The highest BCUT2D eigenvalue weighted by Gasteiger charge is 2.21. The van der Waals surface area contributed by atoms with Gasteiger partial charge in [-0.25, -0.2) is 13.8 Å². The molecular weight excluding hydrogens is 394 g/mol. The van der Waals surface area contributed by atoms with Crippen LogP contribution >= 0.6 is 11.3 Å². The molecule has 0 atom stereocenters. The molecule has 152 valence electrons. The number of anilines is 1. The van der Waals surface area contributed by atoms with E-state index in [0.717, 1.165) is 22.6 Å². The van der Waals surface area contributed by atoms with E-state index in [0.29, 0.717) is 29.5 Å². The van der Waals surface area contributed by atoms with Gasteiger partial charge < -0.3 is 10.0 Å². The topological polar surface area (TPSA) is 53.4 Å². The number of hydrogen-bond acceptors (Lipinski definition) is 4. The summed E-state index contributed by atoms with van der Waals surface area (Å²) in [5.74, 6) is -2.58. The maximum atomic E-state index is 13.8. The third kappa shape index (κ3) is 5.17. The Morgan fingerprint density at radius 1 is 1.14 bits per heavy atom. The molecule has 0 radical (unpaired) electrons. The lowest BCUT2D eigenvalue weighted by Crippen LogP contribution is -2.25. The minimum Gasteiger partial charge on any atom is -0.481 e. The summed E-state index contributed by atoms with van der Waals surface area (Å²) < 4.78 is 27.2. The van der Waals surface area contributed by atoms with Crippen LogP contribution < -0.4 is 4.90 Å². The Bertz CT molecular complexity index is 990. The lowest BCUT2D eigenvalue weighted by atomic mass is 10.1. The van der Waals surface area contributed by atoms with Gasteiger partial charge in [-0.15, -0.1) is 11.3 Å². The van der Waals surface area contributed by atoms with Gasteiger partial charge in [0, 0.05) is 23.5 Å². The Hall–Kier alpha value is -2.80. The second kappa shape index (κ2) is 9.13. The molecule has 0 saturated carbocycles. The number of carboxylic acid groups (broad SMARTS) is 1. The van der Waals surface area contributed by atoms with E-state index in [2.05, 4.69) is 0 Å². The number of halogens is 2. The van der Waals surface area contributed by atoms with Gasteiger partial charge in [-0.1, -0.05) is 44.2 Å². The first-order chi connectivity index (χ1) is 13.8. The summed E-state index contributed by atoms with van der Waals surface area (Å²) >= 11 is 1.46. The SMILES string of the molecule is CC(C)c1sc(N(CCC(=O)O)Cc2ccccc2)nc1-c1ccc(F)c(F)c1. The minimum absolute atomic E-state index is 0.0239. The van der Waals surface area contributed by atoms with Gasteiger partial charge >= 0.3 is 5.97 Å². The number of carbonyl (C=O) groups is 1. The fourth-order valence-corrected chi connectivity index (χ4v) is 4.09. The molecule has 0 fully saturated rings. The number of aromatic nitrogens is 1. The fraction of sp³-hybridized carbons (Fsp3) is 0.273. The van der Waals surface area contributed by atoms with Crippen molar-refractivity contribution in [2.75, 3.05) is 11.4 Å². The van der Waals surface area contributed by atoms with Gasteiger partial charge in [0.25, 0.3) is 0 Å². The van der Waals surface area contributed by atoms with Gasteiger partial charge in [0.15, 0.2) is 16.8 Å². The van der Waals surface area contributed by atoms with Crippen molar-refractivity contribution in [2.45, 2.75) is 32.7 Å². The van der Waals surface area contributed by atoms with Crippen molar-refractivity contribution in [1.82, 2.24) is 4.98 Å². The summed E-state index contributed by atoms with van der Waals surface area (Å²) in [5, 5.41) is 9.80. The Balaban J connectivity index is 2.00. The number of rotatable bonds is 8. The summed E-state index contributed by atoms with van der Waals surface area (Å²) in [6.07, 6.45) is -0.0239. The molecule has 0 aliphatic rings. The van der Waals surface area contributed by atoms with E-state index in [1.54, 1.807) is 0 Å². The highest BCUT2D eigenvalue weighted by Crippen LogP contribution is 2.38. The zero-order valence-electron chi connectivity index (χ0n) is 16.2. The maximum Gasteiger partial charge on any atom is 0.305 e. The molecule has 0 aliphatic carbocycles. The van der Waals surface area contributed by atoms with Crippen molar-refractivity contribution >= 4 is 22.4 Å². The van der Waals surface area contributed by atoms with Crippen LogP contribution in [0.5, 0.6) is 0 Å². The standard InChI is InChI=1S/C22H22F2N2O2S/c1-14(2)21-20(16-8-9-17(23)18(24)12-16)25-22(29-21)26(11-10-19(27)28)13-15-6-4-3-5-7-15/h3-9,12,14H,10-11,13H2,1-2H3,(H,27,28). The average molecular weight is 416 g/mol. The minimum atomic E-state index is -0.918. The Morgan fingerprint density at radius 3 is 2.48 bits per heavy atom. The van der Waals surface area contributed by atoms with E-state index in [-0.39, 0.29) is 12.3 Å². The van der Waals surface area contributed by atoms with Gasteiger partial charge in [0.1, 0.15) is 0 Å². The number of nitrogens with zero attached hydrogens (tertiary/aromatic N) is 2. The van der Waals surface area contributed by atoms with Gasteiger partial charge in [0.2, 0.25) is 0 Å². The van der Waals surface area contributed by atoms with Gasteiger partial charge in [-0.3, -0.25) is 4.79 Å². The highest BCUT2D eigenvalue weighted by molar-refractivity contribution is 7.16. The van der Waals surface area contributed by atoms with Gasteiger partial charge in [-0.2, -0.15) is 0 Å². The van der Waals surface area contributed by atoms with Crippen LogP contribution in [-0.2, 0) is 11.3 Å². The molecule has 0 amide bonds. The van der Waals surface area contributed by atoms with Crippen molar-refractivity contribution in [2.24, 2.45) is 0 Å². The molecule has 0 spiro atoms. The van der Waals surface area contributed by atoms with Gasteiger partial charge in [-0.05, 0) is 29.7 Å².